The van der Waals surface area contributed by atoms with Crippen LogP contribution in [0.4, 0.5) is 0 Å². The molecule has 2 N–H and O–H groups in total. The molecule has 0 aromatic carbocycles. The summed E-state index contributed by atoms with van der Waals surface area (Å²) in [6, 6.07) is 3.20. The molecule has 1 heterocycles. The standard InChI is InChI=1S/C9H12BrNO3/c1-9(2,13)5-11-8(12)6-3-4-7(10)14-6/h3-4,13H,5H2,1-2H3,(H,11,12). The van der Waals surface area contributed by atoms with Crippen LogP contribution >= 0.6 is 15.9 Å². The van der Waals surface area contributed by atoms with Gasteiger partial charge in [0.1, 0.15) is 0 Å². The van der Waals surface area contributed by atoms with Crippen molar-refractivity contribution in [2.45, 2.75) is 19.4 Å². The van der Waals surface area contributed by atoms with Crippen molar-refractivity contribution >= 4 is 21.8 Å². The lowest BCUT2D eigenvalue weighted by atomic mass is 10.1. The number of hydrogen-bond donors (Lipinski definition) is 2. The highest BCUT2D eigenvalue weighted by atomic mass is 79.9. The number of carbonyl (C=O) groups is 1. The summed E-state index contributed by atoms with van der Waals surface area (Å²) < 4.78 is 5.54. The van der Waals surface area contributed by atoms with Gasteiger partial charge < -0.3 is 14.8 Å². The average molecular weight is 262 g/mol. The summed E-state index contributed by atoms with van der Waals surface area (Å²) in [5.74, 6) is -0.112. The van der Waals surface area contributed by atoms with E-state index in [2.05, 4.69) is 21.2 Å². The molecular formula is C9H12BrNO3. The Kier molecular flexibility index (Phi) is 3.34. The Hall–Kier alpha value is -0.810. The van der Waals surface area contributed by atoms with Crippen molar-refractivity contribution < 1.29 is 14.3 Å². The highest BCUT2D eigenvalue weighted by Gasteiger charge is 2.16. The lowest BCUT2D eigenvalue weighted by Crippen LogP contribution is -2.38. The van der Waals surface area contributed by atoms with Crippen LogP contribution in [0, 0.1) is 0 Å². The van der Waals surface area contributed by atoms with Crippen LogP contribution in [0.25, 0.3) is 0 Å². The number of carbonyl (C=O) groups excluding carboxylic acids is 1. The second-order valence-electron chi connectivity index (χ2n) is 3.60. The fourth-order valence-corrected chi connectivity index (χ4v) is 1.13. The van der Waals surface area contributed by atoms with Crippen LogP contribution in [-0.2, 0) is 0 Å². The molecule has 0 atom stereocenters. The first-order valence-corrected chi connectivity index (χ1v) is 4.94. The number of hydrogen-bond acceptors (Lipinski definition) is 3. The molecule has 0 spiro atoms. The number of aliphatic hydroxyl groups is 1. The predicted octanol–water partition coefficient (Wildman–Crippen LogP) is 1.54. The quantitative estimate of drug-likeness (QED) is 0.868. The third-order valence-electron chi connectivity index (χ3n) is 1.48. The largest absolute Gasteiger partial charge is 0.444 e. The Morgan fingerprint density at radius 3 is 2.71 bits per heavy atom. The maximum absolute atomic E-state index is 11.4. The van der Waals surface area contributed by atoms with Crippen LogP contribution in [0.15, 0.2) is 21.2 Å². The Bertz CT molecular complexity index is 327. The molecule has 0 radical (unpaired) electrons. The van der Waals surface area contributed by atoms with Crippen molar-refractivity contribution in [3.8, 4) is 0 Å². The molecule has 1 amide bonds. The second kappa shape index (κ2) is 4.14. The number of nitrogens with one attached hydrogen (secondary N) is 1. The first-order valence-electron chi connectivity index (χ1n) is 4.14. The van der Waals surface area contributed by atoms with E-state index in [1.54, 1.807) is 26.0 Å². The number of halogens is 1. The Balaban J connectivity index is 2.52. The van der Waals surface area contributed by atoms with Crippen molar-refractivity contribution in [1.82, 2.24) is 5.32 Å². The number of furan rings is 1. The van der Waals surface area contributed by atoms with Gasteiger partial charge in [0.2, 0.25) is 0 Å². The van der Waals surface area contributed by atoms with Gasteiger partial charge in [-0.15, -0.1) is 0 Å². The fraction of sp³-hybridized carbons (Fsp3) is 0.444. The predicted molar refractivity (Wildman–Crippen MR) is 55.0 cm³/mol. The van der Waals surface area contributed by atoms with Gasteiger partial charge in [-0.25, -0.2) is 0 Å². The van der Waals surface area contributed by atoms with Crippen LogP contribution in [0.1, 0.15) is 24.4 Å². The van der Waals surface area contributed by atoms with Gasteiger partial charge in [0, 0.05) is 6.54 Å². The maximum Gasteiger partial charge on any atom is 0.287 e. The molecule has 14 heavy (non-hydrogen) atoms. The van der Waals surface area contributed by atoms with Crippen LogP contribution in [0.2, 0.25) is 0 Å². The van der Waals surface area contributed by atoms with Crippen molar-refractivity contribution in [3.63, 3.8) is 0 Å². The van der Waals surface area contributed by atoms with Gasteiger partial charge in [-0.05, 0) is 41.9 Å². The summed E-state index contributed by atoms with van der Waals surface area (Å²) in [7, 11) is 0. The van der Waals surface area contributed by atoms with Gasteiger partial charge >= 0.3 is 0 Å². The first-order chi connectivity index (χ1) is 6.38. The van der Waals surface area contributed by atoms with E-state index in [1.165, 1.54) is 0 Å². The van der Waals surface area contributed by atoms with E-state index in [0.717, 1.165) is 0 Å². The normalized spacial score (nSPS) is 11.4. The van der Waals surface area contributed by atoms with Crippen LogP contribution in [0.5, 0.6) is 0 Å². The summed E-state index contributed by atoms with van der Waals surface area (Å²) in [4.78, 5) is 11.4. The minimum absolute atomic E-state index is 0.185. The Labute approximate surface area is 90.4 Å². The van der Waals surface area contributed by atoms with E-state index < -0.39 is 5.60 Å². The smallest absolute Gasteiger partial charge is 0.287 e. The van der Waals surface area contributed by atoms with Crippen LogP contribution in [0.3, 0.4) is 0 Å². The average Bonchev–Trinajstić information content (AvgIpc) is 2.46. The molecule has 0 saturated carbocycles. The summed E-state index contributed by atoms with van der Waals surface area (Å²) >= 11 is 3.09. The first kappa shape index (κ1) is 11.3. The SMILES string of the molecule is CC(C)(O)CNC(=O)c1ccc(Br)o1. The summed E-state index contributed by atoms with van der Waals surface area (Å²) in [5, 5.41) is 11.9. The Morgan fingerprint density at radius 2 is 2.29 bits per heavy atom. The van der Waals surface area contributed by atoms with Gasteiger partial charge in [-0.2, -0.15) is 0 Å². The van der Waals surface area contributed by atoms with Gasteiger partial charge in [-0.1, -0.05) is 0 Å². The zero-order chi connectivity index (χ0) is 10.8. The van der Waals surface area contributed by atoms with Crippen LogP contribution < -0.4 is 5.32 Å². The number of rotatable bonds is 3. The molecule has 78 valence electrons. The van der Waals surface area contributed by atoms with E-state index >= 15 is 0 Å². The van der Waals surface area contributed by atoms with Crippen molar-refractivity contribution in [1.29, 1.82) is 0 Å². The van der Waals surface area contributed by atoms with Crippen LogP contribution in [-0.4, -0.2) is 23.2 Å². The van der Waals surface area contributed by atoms with E-state index in [4.69, 9.17) is 4.42 Å². The number of amides is 1. The molecule has 1 aromatic heterocycles. The monoisotopic (exact) mass is 261 g/mol. The van der Waals surface area contributed by atoms with E-state index in [9.17, 15) is 9.90 Å². The zero-order valence-electron chi connectivity index (χ0n) is 8.00. The van der Waals surface area contributed by atoms with E-state index in [1.807, 2.05) is 0 Å². The second-order valence-corrected chi connectivity index (χ2v) is 4.38. The topological polar surface area (TPSA) is 62.5 Å². The third-order valence-corrected chi connectivity index (χ3v) is 1.90. The highest BCUT2D eigenvalue weighted by molar-refractivity contribution is 9.10. The fourth-order valence-electron chi connectivity index (χ4n) is 0.820. The van der Waals surface area contributed by atoms with Gasteiger partial charge in [0.15, 0.2) is 10.4 Å². The van der Waals surface area contributed by atoms with Gasteiger partial charge in [0.25, 0.3) is 5.91 Å². The molecule has 0 aliphatic rings. The molecule has 0 aliphatic heterocycles. The molecule has 0 aliphatic carbocycles. The molecule has 1 rings (SSSR count). The minimum Gasteiger partial charge on any atom is -0.444 e. The van der Waals surface area contributed by atoms with Crippen molar-refractivity contribution in [2.75, 3.05) is 6.54 Å². The lowest BCUT2D eigenvalue weighted by molar-refractivity contribution is 0.0680. The van der Waals surface area contributed by atoms with Gasteiger partial charge in [-0.3, -0.25) is 4.79 Å². The minimum atomic E-state index is -0.917. The summed E-state index contributed by atoms with van der Waals surface area (Å²) in [5.41, 5.74) is -0.917. The lowest BCUT2D eigenvalue weighted by Gasteiger charge is -2.16. The third kappa shape index (κ3) is 3.51. The zero-order valence-corrected chi connectivity index (χ0v) is 9.59. The molecule has 5 heteroatoms. The van der Waals surface area contributed by atoms with Crippen molar-refractivity contribution in [3.05, 3.63) is 22.6 Å². The van der Waals surface area contributed by atoms with Gasteiger partial charge in [0.05, 0.1) is 5.60 Å². The maximum atomic E-state index is 11.4. The van der Waals surface area contributed by atoms with E-state index in [0.29, 0.717) is 4.67 Å². The molecule has 0 saturated heterocycles. The van der Waals surface area contributed by atoms with E-state index in [-0.39, 0.29) is 18.2 Å². The molecule has 0 unspecified atom stereocenters. The molecule has 1 aromatic rings. The summed E-state index contributed by atoms with van der Waals surface area (Å²) in [6.45, 7) is 3.42. The van der Waals surface area contributed by atoms with Crippen molar-refractivity contribution in [2.24, 2.45) is 0 Å². The highest BCUT2D eigenvalue weighted by Crippen LogP contribution is 2.13. The molecular weight excluding hydrogens is 250 g/mol. The molecule has 4 nitrogen and oxygen atoms in total. The molecule has 0 bridgehead atoms. The Morgan fingerprint density at radius 1 is 1.64 bits per heavy atom. The summed E-state index contributed by atoms with van der Waals surface area (Å²) in [6.07, 6.45) is 0. The molecule has 0 fully saturated rings.